The Balaban J connectivity index is 1.88. The van der Waals surface area contributed by atoms with Crippen LogP contribution < -0.4 is 5.56 Å². The standard InChI is InChI=1S/C19H18N2O/c20-12-16-7-10-18(21(19(16)22)17-8-9-17)15-6-5-13-3-1-2-4-14(13)11-15/h5-7,10-11,17H,1-4,8-9H2. The van der Waals surface area contributed by atoms with Crippen molar-refractivity contribution >= 4 is 0 Å². The third kappa shape index (κ3) is 2.16. The highest BCUT2D eigenvalue weighted by Gasteiger charge is 2.28. The normalized spacial score (nSPS) is 16.9. The molecule has 0 saturated heterocycles. The SMILES string of the molecule is N#Cc1ccc(-c2ccc3c(c2)CCCC3)n(C2CC2)c1=O. The summed E-state index contributed by atoms with van der Waals surface area (Å²) in [5, 5.41) is 9.10. The Morgan fingerprint density at radius 1 is 1.05 bits per heavy atom. The summed E-state index contributed by atoms with van der Waals surface area (Å²) in [7, 11) is 0. The van der Waals surface area contributed by atoms with Crippen molar-refractivity contribution in [3.05, 3.63) is 57.4 Å². The Labute approximate surface area is 129 Å². The van der Waals surface area contributed by atoms with Crippen LogP contribution in [-0.4, -0.2) is 4.57 Å². The van der Waals surface area contributed by atoms with Crippen LogP contribution in [0.1, 0.15) is 48.4 Å². The zero-order valence-corrected chi connectivity index (χ0v) is 12.5. The van der Waals surface area contributed by atoms with Crippen molar-refractivity contribution in [1.82, 2.24) is 4.57 Å². The first-order valence-corrected chi connectivity index (χ1v) is 8.06. The number of fused-ring (bicyclic) bond motifs is 1. The van der Waals surface area contributed by atoms with Gasteiger partial charge in [-0.25, -0.2) is 0 Å². The van der Waals surface area contributed by atoms with Gasteiger partial charge < -0.3 is 4.57 Å². The van der Waals surface area contributed by atoms with Crippen molar-refractivity contribution in [3.63, 3.8) is 0 Å². The molecule has 3 heteroatoms. The minimum atomic E-state index is -0.139. The Kier molecular flexibility index (Phi) is 3.11. The summed E-state index contributed by atoms with van der Waals surface area (Å²) < 4.78 is 1.84. The maximum Gasteiger partial charge on any atom is 0.269 e. The summed E-state index contributed by atoms with van der Waals surface area (Å²) in [4.78, 5) is 12.5. The lowest BCUT2D eigenvalue weighted by Gasteiger charge is -2.18. The highest BCUT2D eigenvalue weighted by Crippen LogP contribution is 2.37. The molecule has 110 valence electrons. The number of hydrogen-bond acceptors (Lipinski definition) is 2. The lowest BCUT2D eigenvalue weighted by molar-refractivity contribution is 0.684. The summed E-state index contributed by atoms with van der Waals surface area (Å²) in [6.45, 7) is 0. The predicted molar refractivity (Wildman–Crippen MR) is 85.8 cm³/mol. The first-order chi connectivity index (χ1) is 10.8. The molecule has 0 spiro atoms. The minimum Gasteiger partial charge on any atom is -0.304 e. The van der Waals surface area contributed by atoms with Crippen LogP contribution in [0.25, 0.3) is 11.3 Å². The van der Waals surface area contributed by atoms with Crippen LogP contribution in [0.4, 0.5) is 0 Å². The van der Waals surface area contributed by atoms with Gasteiger partial charge in [0, 0.05) is 6.04 Å². The van der Waals surface area contributed by atoms with Gasteiger partial charge in [-0.1, -0.05) is 12.1 Å². The third-order valence-corrected chi connectivity index (χ3v) is 4.79. The van der Waals surface area contributed by atoms with Crippen molar-refractivity contribution < 1.29 is 0 Å². The van der Waals surface area contributed by atoms with E-state index < -0.39 is 0 Å². The predicted octanol–water partition coefficient (Wildman–Crippen LogP) is 3.60. The molecule has 3 nitrogen and oxygen atoms in total. The number of nitriles is 1. The van der Waals surface area contributed by atoms with Gasteiger partial charge in [0.05, 0.1) is 5.69 Å². The van der Waals surface area contributed by atoms with Crippen LogP contribution in [0, 0.1) is 11.3 Å². The molecule has 0 aliphatic heterocycles. The number of hydrogen-bond donors (Lipinski definition) is 0. The Morgan fingerprint density at radius 3 is 2.55 bits per heavy atom. The lowest BCUT2D eigenvalue weighted by Crippen LogP contribution is -2.23. The van der Waals surface area contributed by atoms with Crippen LogP contribution in [0.5, 0.6) is 0 Å². The fourth-order valence-electron chi connectivity index (χ4n) is 3.46. The summed E-state index contributed by atoms with van der Waals surface area (Å²) in [6, 6.07) is 12.5. The van der Waals surface area contributed by atoms with Crippen LogP contribution in [0.15, 0.2) is 35.1 Å². The first kappa shape index (κ1) is 13.3. The van der Waals surface area contributed by atoms with E-state index in [9.17, 15) is 4.79 Å². The van der Waals surface area contributed by atoms with Crippen molar-refractivity contribution in [2.75, 3.05) is 0 Å². The van der Waals surface area contributed by atoms with Crippen LogP contribution in [0.3, 0.4) is 0 Å². The average Bonchev–Trinajstić information content (AvgIpc) is 3.39. The van der Waals surface area contributed by atoms with Crippen LogP contribution >= 0.6 is 0 Å². The van der Waals surface area contributed by atoms with Gasteiger partial charge in [0.1, 0.15) is 11.6 Å². The largest absolute Gasteiger partial charge is 0.304 e. The van der Waals surface area contributed by atoms with Gasteiger partial charge in [-0.15, -0.1) is 0 Å². The van der Waals surface area contributed by atoms with E-state index in [1.54, 1.807) is 6.07 Å². The Bertz CT molecular complexity index is 837. The molecule has 0 atom stereocenters. The van der Waals surface area contributed by atoms with E-state index in [1.165, 1.54) is 30.4 Å². The van der Waals surface area contributed by atoms with Crippen molar-refractivity contribution in [2.45, 2.75) is 44.6 Å². The molecule has 2 aliphatic rings. The van der Waals surface area contributed by atoms with E-state index in [0.29, 0.717) is 0 Å². The topological polar surface area (TPSA) is 45.8 Å². The number of rotatable bonds is 2. The number of pyridine rings is 1. The highest BCUT2D eigenvalue weighted by molar-refractivity contribution is 5.63. The quantitative estimate of drug-likeness (QED) is 0.848. The van der Waals surface area contributed by atoms with Crippen LogP contribution in [-0.2, 0) is 12.8 Å². The van der Waals surface area contributed by atoms with E-state index in [-0.39, 0.29) is 17.2 Å². The molecule has 0 bridgehead atoms. The highest BCUT2D eigenvalue weighted by atomic mass is 16.1. The van der Waals surface area contributed by atoms with Gasteiger partial charge in [0.25, 0.3) is 5.56 Å². The zero-order valence-electron chi connectivity index (χ0n) is 12.5. The van der Waals surface area contributed by atoms with Gasteiger partial charge in [-0.2, -0.15) is 5.26 Å². The van der Waals surface area contributed by atoms with Crippen molar-refractivity contribution in [1.29, 1.82) is 5.26 Å². The van der Waals surface area contributed by atoms with Gasteiger partial charge >= 0.3 is 0 Å². The fourth-order valence-corrected chi connectivity index (χ4v) is 3.46. The summed E-state index contributed by atoms with van der Waals surface area (Å²) in [6.07, 6.45) is 6.89. The Hall–Kier alpha value is -2.34. The molecule has 1 fully saturated rings. The molecular weight excluding hydrogens is 272 g/mol. The molecule has 0 amide bonds. The van der Waals surface area contributed by atoms with Gasteiger partial charge in [0.2, 0.25) is 0 Å². The summed E-state index contributed by atoms with van der Waals surface area (Å²) in [5.41, 5.74) is 5.04. The molecule has 0 unspecified atom stereocenters. The summed E-state index contributed by atoms with van der Waals surface area (Å²) >= 11 is 0. The first-order valence-electron chi connectivity index (χ1n) is 8.06. The van der Waals surface area contributed by atoms with E-state index in [1.807, 2.05) is 16.7 Å². The minimum absolute atomic E-state index is 0.139. The second-order valence-corrected chi connectivity index (χ2v) is 6.34. The third-order valence-electron chi connectivity index (χ3n) is 4.79. The molecule has 2 aromatic rings. The number of aromatic nitrogens is 1. The lowest BCUT2D eigenvalue weighted by atomic mass is 9.90. The molecule has 0 N–H and O–H groups in total. The molecule has 2 aliphatic carbocycles. The fraction of sp³-hybridized carbons (Fsp3) is 0.368. The van der Waals surface area contributed by atoms with Gasteiger partial charge in [0.15, 0.2) is 0 Å². The molecular formula is C19H18N2O. The molecule has 1 aromatic carbocycles. The number of benzene rings is 1. The summed E-state index contributed by atoms with van der Waals surface area (Å²) in [5.74, 6) is 0. The molecule has 22 heavy (non-hydrogen) atoms. The molecule has 4 rings (SSSR count). The van der Waals surface area contributed by atoms with E-state index in [2.05, 4.69) is 18.2 Å². The van der Waals surface area contributed by atoms with Crippen LogP contribution in [0.2, 0.25) is 0 Å². The maximum absolute atomic E-state index is 12.5. The van der Waals surface area contributed by atoms with E-state index in [4.69, 9.17) is 5.26 Å². The zero-order chi connectivity index (χ0) is 15.1. The van der Waals surface area contributed by atoms with E-state index in [0.717, 1.165) is 30.5 Å². The smallest absolute Gasteiger partial charge is 0.269 e. The monoisotopic (exact) mass is 290 g/mol. The number of aryl methyl sites for hydroxylation is 2. The van der Waals surface area contributed by atoms with Crippen molar-refractivity contribution in [2.24, 2.45) is 0 Å². The second kappa shape index (κ2) is 5.14. The molecule has 1 aromatic heterocycles. The number of nitrogens with zero attached hydrogens (tertiary/aromatic N) is 2. The molecule has 1 heterocycles. The van der Waals surface area contributed by atoms with Crippen molar-refractivity contribution in [3.8, 4) is 17.3 Å². The average molecular weight is 290 g/mol. The second-order valence-electron chi connectivity index (χ2n) is 6.34. The van der Waals surface area contributed by atoms with Gasteiger partial charge in [-0.3, -0.25) is 4.79 Å². The van der Waals surface area contributed by atoms with Gasteiger partial charge in [-0.05, 0) is 73.4 Å². The van der Waals surface area contributed by atoms with E-state index >= 15 is 0 Å². The molecule has 1 saturated carbocycles. The maximum atomic E-state index is 12.5. The molecule has 0 radical (unpaired) electrons. The Morgan fingerprint density at radius 2 is 1.82 bits per heavy atom.